The number of fused-ring (bicyclic) bond motifs is 1. The maximum atomic E-state index is 13.7. The number of benzene rings is 3. The molecule has 0 aliphatic carbocycles. The van der Waals surface area contributed by atoms with Gasteiger partial charge >= 0.3 is 0 Å². The zero-order valence-corrected chi connectivity index (χ0v) is 20.1. The number of carbonyl (C=O) groups is 1. The Labute approximate surface area is 204 Å². The van der Waals surface area contributed by atoms with Crippen LogP contribution < -0.4 is 0 Å². The van der Waals surface area contributed by atoms with Crippen molar-refractivity contribution in [3.8, 4) is 0 Å². The third-order valence-corrected chi connectivity index (χ3v) is 7.65. The smallest absolute Gasteiger partial charge is 0.141 e. The molecule has 2 heterocycles. The molecule has 2 aliphatic rings. The highest BCUT2D eigenvalue weighted by Crippen LogP contribution is 2.31. The summed E-state index contributed by atoms with van der Waals surface area (Å²) in [7, 11) is 0. The molecule has 0 radical (unpaired) electrons. The van der Waals surface area contributed by atoms with Crippen LogP contribution in [0.2, 0.25) is 0 Å². The summed E-state index contributed by atoms with van der Waals surface area (Å²) >= 11 is 0. The van der Waals surface area contributed by atoms with E-state index < -0.39 is 0 Å². The lowest BCUT2D eigenvalue weighted by Crippen LogP contribution is -2.35. The van der Waals surface area contributed by atoms with Crippen molar-refractivity contribution in [2.45, 2.75) is 44.7 Å². The van der Waals surface area contributed by atoms with E-state index in [1.807, 2.05) is 0 Å². The van der Waals surface area contributed by atoms with Crippen LogP contribution in [0.15, 0.2) is 84.9 Å². The first-order valence-corrected chi connectivity index (χ1v) is 12.9. The first-order valence-electron chi connectivity index (χ1n) is 12.9. The molecule has 1 unspecified atom stereocenters. The monoisotopic (exact) mass is 452 g/mol. The molecule has 3 aromatic carbocycles. The molecule has 0 amide bonds. The van der Waals surface area contributed by atoms with E-state index in [1.165, 1.54) is 22.3 Å². The first kappa shape index (κ1) is 23.0. The van der Waals surface area contributed by atoms with E-state index in [0.717, 1.165) is 65.0 Å². The maximum absolute atomic E-state index is 13.7. The molecule has 0 spiro atoms. The van der Waals surface area contributed by atoms with E-state index in [1.54, 1.807) is 0 Å². The summed E-state index contributed by atoms with van der Waals surface area (Å²) in [6.45, 7) is 5.95. The van der Waals surface area contributed by atoms with Crippen molar-refractivity contribution in [3.05, 3.63) is 107 Å². The molecule has 0 N–H and O–H groups in total. The summed E-state index contributed by atoms with van der Waals surface area (Å²) < 4.78 is 0. The third kappa shape index (κ3) is 5.84. The SMILES string of the molecule is O=C(CC1CCN(Cc2ccccc2)CC1)C1CN(Cc2ccccc2)CCc2ccccc21. The first-order chi connectivity index (χ1) is 16.7. The maximum Gasteiger partial charge on any atom is 0.141 e. The lowest BCUT2D eigenvalue weighted by atomic mass is 9.83. The van der Waals surface area contributed by atoms with Gasteiger partial charge in [-0.3, -0.25) is 14.6 Å². The summed E-state index contributed by atoms with van der Waals surface area (Å²) in [5.74, 6) is 0.941. The fourth-order valence-corrected chi connectivity index (χ4v) is 5.71. The molecular formula is C31H36N2O. The van der Waals surface area contributed by atoms with Gasteiger partial charge in [0.2, 0.25) is 0 Å². The Morgan fingerprint density at radius 2 is 1.29 bits per heavy atom. The second-order valence-electron chi connectivity index (χ2n) is 10.1. The molecule has 5 rings (SSSR count). The van der Waals surface area contributed by atoms with Gasteiger partial charge in [0.25, 0.3) is 0 Å². The minimum absolute atomic E-state index is 0.00948. The Hall–Kier alpha value is -2.75. The summed E-state index contributed by atoms with van der Waals surface area (Å²) in [6.07, 6.45) is 3.99. The van der Waals surface area contributed by atoms with Crippen molar-refractivity contribution < 1.29 is 4.79 Å². The molecule has 3 heteroatoms. The van der Waals surface area contributed by atoms with Gasteiger partial charge in [0.05, 0.1) is 5.92 Å². The fourth-order valence-electron chi connectivity index (χ4n) is 5.71. The summed E-state index contributed by atoms with van der Waals surface area (Å²) in [6, 6.07) is 30.0. The number of nitrogens with zero attached hydrogens (tertiary/aromatic N) is 2. The zero-order valence-electron chi connectivity index (χ0n) is 20.1. The largest absolute Gasteiger partial charge is 0.299 e. The number of Topliss-reactive ketones (excluding diaryl/α,β-unsaturated/α-hetero) is 1. The van der Waals surface area contributed by atoms with Crippen molar-refractivity contribution in [1.29, 1.82) is 0 Å². The number of likely N-dealkylation sites (tertiary alicyclic amines) is 1. The van der Waals surface area contributed by atoms with Crippen LogP contribution in [0.1, 0.15) is 47.4 Å². The molecule has 0 aromatic heterocycles. The van der Waals surface area contributed by atoms with Crippen molar-refractivity contribution in [3.63, 3.8) is 0 Å². The van der Waals surface area contributed by atoms with E-state index in [4.69, 9.17) is 0 Å². The third-order valence-electron chi connectivity index (χ3n) is 7.65. The molecule has 0 bridgehead atoms. The van der Waals surface area contributed by atoms with Crippen LogP contribution in [0.5, 0.6) is 0 Å². The molecule has 0 saturated carbocycles. The van der Waals surface area contributed by atoms with Crippen molar-refractivity contribution in [1.82, 2.24) is 9.80 Å². The van der Waals surface area contributed by atoms with Gasteiger partial charge < -0.3 is 0 Å². The van der Waals surface area contributed by atoms with Crippen LogP contribution in [-0.4, -0.2) is 41.8 Å². The lowest BCUT2D eigenvalue weighted by molar-refractivity contribution is -0.122. The zero-order chi connectivity index (χ0) is 23.2. The number of rotatable bonds is 7. The van der Waals surface area contributed by atoms with E-state index in [2.05, 4.69) is 94.7 Å². The summed E-state index contributed by atoms with van der Waals surface area (Å²) in [4.78, 5) is 18.7. The minimum Gasteiger partial charge on any atom is -0.299 e. The number of carbonyl (C=O) groups excluding carboxylic acids is 1. The summed E-state index contributed by atoms with van der Waals surface area (Å²) in [5.41, 5.74) is 5.33. The molecule has 1 atom stereocenters. The number of hydrogen-bond donors (Lipinski definition) is 0. The van der Waals surface area contributed by atoms with Crippen LogP contribution in [0.4, 0.5) is 0 Å². The second kappa shape index (κ2) is 11.1. The lowest BCUT2D eigenvalue weighted by Gasteiger charge is -2.32. The van der Waals surface area contributed by atoms with Gasteiger partial charge in [-0.1, -0.05) is 84.9 Å². The average Bonchev–Trinajstić information content (AvgIpc) is 3.06. The van der Waals surface area contributed by atoms with Gasteiger partial charge in [0.1, 0.15) is 5.78 Å². The molecule has 2 aliphatic heterocycles. The topological polar surface area (TPSA) is 23.6 Å². The van der Waals surface area contributed by atoms with Gasteiger partial charge in [0.15, 0.2) is 0 Å². The van der Waals surface area contributed by atoms with Crippen LogP contribution in [0.3, 0.4) is 0 Å². The Morgan fingerprint density at radius 1 is 0.706 bits per heavy atom. The number of piperidine rings is 1. The van der Waals surface area contributed by atoms with Crippen molar-refractivity contribution in [2.24, 2.45) is 5.92 Å². The molecule has 3 aromatic rings. The van der Waals surface area contributed by atoms with Crippen LogP contribution >= 0.6 is 0 Å². The minimum atomic E-state index is -0.00948. The molecular weight excluding hydrogens is 416 g/mol. The number of ketones is 1. The Kier molecular flexibility index (Phi) is 7.52. The van der Waals surface area contributed by atoms with Gasteiger partial charge in [-0.2, -0.15) is 0 Å². The Bertz CT molecular complexity index is 1060. The predicted molar refractivity (Wildman–Crippen MR) is 139 cm³/mol. The highest BCUT2D eigenvalue weighted by molar-refractivity contribution is 5.86. The van der Waals surface area contributed by atoms with Crippen LogP contribution in [0, 0.1) is 5.92 Å². The highest BCUT2D eigenvalue weighted by Gasteiger charge is 2.31. The van der Waals surface area contributed by atoms with E-state index in [-0.39, 0.29) is 5.92 Å². The van der Waals surface area contributed by atoms with Gasteiger partial charge in [-0.15, -0.1) is 0 Å². The second-order valence-corrected chi connectivity index (χ2v) is 10.1. The Balaban J connectivity index is 1.22. The number of hydrogen-bond acceptors (Lipinski definition) is 3. The van der Waals surface area contributed by atoms with E-state index in [9.17, 15) is 4.79 Å². The molecule has 1 saturated heterocycles. The molecule has 3 nitrogen and oxygen atoms in total. The molecule has 176 valence electrons. The highest BCUT2D eigenvalue weighted by atomic mass is 16.1. The predicted octanol–water partition coefficient (Wildman–Crippen LogP) is 5.70. The van der Waals surface area contributed by atoms with Gasteiger partial charge in [-0.25, -0.2) is 0 Å². The van der Waals surface area contributed by atoms with Crippen LogP contribution in [-0.2, 0) is 24.3 Å². The Morgan fingerprint density at radius 3 is 1.97 bits per heavy atom. The standard InChI is InChI=1S/C31H36N2O/c34-31(21-25-15-18-32(19-16-25)22-26-9-3-1-4-10-26)30-24-33(23-27-11-5-2-6-12-27)20-17-28-13-7-8-14-29(28)30/h1-14,25,30H,15-24H2. The van der Waals surface area contributed by atoms with Gasteiger partial charge in [0, 0.05) is 32.6 Å². The normalized spacial score (nSPS) is 19.9. The fraction of sp³-hybridized carbons (Fsp3) is 0.387. The quantitative estimate of drug-likeness (QED) is 0.459. The van der Waals surface area contributed by atoms with Crippen LogP contribution in [0.25, 0.3) is 0 Å². The van der Waals surface area contributed by atoms with Gasteiger partial charge in [-0.05, 0) is 60.5 Å². The van der Waals surface area contributed by atoms with Crippen molar-refractivity contribution in [2.75, 3.05) is 26.2 Å². The summed E-state index contributed by atoms with van der Waals surface area (Å²) in [5, 5.41) is 0. The van der Waals surface area contributed by atoms with Crippen molar-refractivity contribution >= 4 is 5.78 Å². The molecule has 1 fully saturated rings. The average molecular weight is 453 g/mol. The van der Waals surface area contributed by atoms with E-state index in [0.29, 0.717) is 11.7 Å². The molecule has 34 heavy (non-hydrogen) atoms. The van der Waals surface area contributed by atoms with E-state index >= 15 is 0 Å².